The van der Waals surface area contributed by atoms with Crippen molar-refractivity contribution in [2.45, 2.75) is 64.7 Å². The lowest BCUT2D eigenvalue weighted by atomic mass is 9.75. The van der Waals surface area contributed by atoms with Gasteiger partial charge in [0.25, 0.3) is 0 Å². The Morgan fingerprint density at radius 3 is 2.40 bits per heavy atom. The molecule has 8 heteroatoms. The number of rotatable bonds is 9. The number of carboxylic acids is 1. The van der Waals surface area contributed by atoms with Gasteiger partial charge >= 0.3 is 18.0 Å². The third-order valence-electron chi connectivity index (χ3n) is 5.84. The number of amides is 1. The third-order valence-corrected chi connectivity index (χ3v) is 7.30. The van der Waals surface area contributed by atoms with E-state index in [0.29, 0.717) is 36.5 Å². The molecule has 2 rings (SSSR count). The molecule has 1 aromatic carbocycles. The van der Waals surface area contributed by atoms with Crippen molar-refractivity contribution in [3.05, 3.63) is 35.9 Å². The molecule has 0 bridgehead atoms. The third kappa shape index (κ3) is 6.58. The minimum Gasteiger partial charge on any atom is -0.481 e. The van der Waals surface area contributed by atoms with Crippen LogP contribution < -0.4 is 5.32 Å². The van der Waals surface area contributed by atoms with Gasteiger partial charge in [0.05, 0.1) is 5.41 Å². The molecular weight excluding hydrogens is 501 g/mol. The molecule has 1 saturated carbocycles. The van der Waals surface area contributed by atoms with E-state index >= 15 is 0 Å². The molecule has 2 N–H and O–H groups in total. The first-order valence-electron chi connectivity index (χ1n) is 10.3. The van der Waals surface area contributed by atoms with Crippen molar-refractivity contribution >= 4 is 40.6 Å². The molecule has 0 aliphatic heterocycles. The van der Waals surface area contributed by atoms with Gasteiger partial charge in [-0.3, -0.25) is 4.79 Å². The van der Waals surface area contributed by atoms with Crippen LogP contribution in [0.3, 0.4) is 0 Å². The first-order chi connectivity index (χ1) is 14.3. The number of aliphatic carboxylic acids is 1. The number of halogens is 1. The number of carbonyl (C=O) groups is 3. The minimum atomic E-state index is -0.811. The van der Waals surface area contributed by atoms with Gasteiger partial charge in [0.2, 0.25) is 0 Å². The molecule has 1 amide bonds. The van der Waals surface area contributed by atoms with Gasteiger partial charge in [0, 0.05) is 4.43 Å². The van der Waals surface area contributed by atoms with Gasteiger partial charge in [-0.25, -0.2) is 9.59 Å². The summed E-state index contributed by atoms with van der Waals surface area (Å²) in [7, 11) is 0. The second-order valence-corrected chi connectivity index (χ2v) is 8.69. The Hall–Kier alpha value is -1.84. The van der Waals surface area contributed by atoms with E-state index in [4.69, 9.17) is 9.47 Å². The van der Waals surface area contributed by atoms with E-state index in [1.54, 1.807) is 0 Å². The molecule has 166 valence electrons. The quantitative estimate of drug-likeness (QED) is 0.280. The number of hydrogen-bond donors (Lipinski definition) is 2. The van der Waals surface area contributed by atoms with Crippen molar-refractivity contribution in [3.63, 3.8) is 0 Å². The summed E-state index contributed by atoms with van der Waals surface area (Å²) in [5.74, 6) is -1.41. The van der Waals surface area contributed by atoms with E-state index in [1.165, 1.54) is 0 Å². The van der Waals surface area contributed by atoms with Crippen molar-refractivity contribution in [1.82, 2.24) is 5.32 Å². The molecular formula is C22H30INO6. The minimum absolute atomic E-state index is 0.116. The van der Waals surface area contributed by atoms with Crippen LogP contribution in [0.25, 0.3) is 0 Å². The van der Waals surface area contributed by atoms with Crippen molar-refractivity contribution in [2.24, 2.45) is 11.3 Å². The smallest absolute Gasteiger partial charge is 0.408 e. The van der Waals surface area contributed by atoms with Crippen LogP contribution >= 0.6 is 22.6 Å². The number of nitrogens with one attached hydrogen (secondary N) is 1. The lowest BCUT2D eigenvalue weighted by Crippen LogP contribution is -2.48. The van der Waals surface area contributed by atoms with Gasteiger partial charge in [-0.2, -0.15) is 0 Å². The van der Waals surface area contributed by atoms with E-state index in [0.717, 1.165) is 5.56 Å². The van der Waals surface area contributed by atoms with E-state index < -0.39 is 29.5 Å². The summed E-state index contributed by atoms with van der Waals surface area (Å²) >= 11 is 2.11. The Morgan fingerprint density at radius 2 is 1.87 bits per heavy atom. The molecule has 0 heterocycles. The molecule has 1 aliphatic carbocycles. The van der Waals surface area contributed by atoms with Crippen LogP contribution in [-0.2, 0) is 25.7 Å². The van der Waals surface area contributed by atoms with Crippen LogP contribution in [0.5, 0.6) is 0 Å². The number of ether oxygens (including phenoxy) is 2. The highest BCUT2D eigenvalue weighted by atomic mass is 127. The number of hydrogen-bond acceptors (Lipinski definition) is 5. The van der Waals surface area contributed by atoms with E-state index in [9.17, 15) is 19.5 Å². The molecule has 2 atom stereocenters. The Bertz CT molecular complexity index is 718. The standard InChI is InChI=1S/C22H30INO6/c1-3-15(2)18(24-21(28)29-13-16-7-5-4-6-8-16)19(25)30-17-9-11-22(14-23,12-10-17)20(26)27/h4-8,15,17-18H,3,9-14H2,1-2H3,(H,24,28)(H,26,27)/t15-,17?,18-,22?/m0/s1. The van der Waals surface area contributed by atoms with E-state index in [2.05, 4.69) is 27.9 Å². The summed E-state index contributed by atoms with van der Waals surface area (Å²) in [5, 5.41) is 12.1. The van der Waals surface area contributed by atoms with Crippen molar-refractivity contribution in [1.29, 1.82) is 0 Å². The van der Waals surface area contributed by atoms with Gasteiger partial charge in [0.15, 0.2) is 0 Å². The number of carbonyl (C=O) groups excluding carboxylic acids is 2. The molecule has 0 aromatic heterocycles. The monoisotopic (exact) mass is 531 g/mol. The lowest BCUT2D eigenvalue weighted by molar-refractivity contribution is -0.158. The zero-order valence-electron chi connectivity index (χ0n) is 17.4. The predicted octanol–water partition coefficient (Wildman–Crippen LogP) is 4.32. The highest BCUT2D eigenvalue weighted by Crippen LogP contribution is 2.39. The molecule has 0 spiro atoms. The van der Waals surface area contributed by atoms with E-state index in [1.807, 2.05) is 44.2 Å². The number of alkyl carbamates (subject to hydrolysis) is 1. The Labute approximate surface area is 191 Å². The van der Waals surface area contributed by atoms with Crippen LogP contribution in [0.4, 0.5) is 4.79 Å². The first kappa shape index (κ1) is 24.4. The van der Waals surface area contributed by atoms with Gasteiger partial charge < -0.3 is 19.9 Å². The maximum atomic E-state index is 12.8. The van der Waals surface area contributed by atoms with Crippen LogP contribution in [0.1, 0.15) is 51.5 Å². The van der Waals surface area contributed by atoms with Gasteiger partial charge in [-0.1, -0.05) is 73.2 Å². The summed E-state index contributed by atoms with van der Waals surface area (Å²) in [5.41, 5.74) is 0.119. The molecule has 7 nitrogen and oxygen atoms in total. The normalized spacial score (nSPS) is 23.1. The fourth-order valence-corrected chi connectivity index (χ4v) is 4.55. The molecule has 1 fully saturated rings. The number of carboxylic acid groups (broad SMARTS) is 1. The zero-order valence-corrected chi connectivity index (χ0v) is 19.6. The number of esters is 1. The van der Waals surface area contributed by atoms with Crippen molar-refractivity contribution < 1.29 is 29.0 Å². The molecule has 30 heavy (non-hydrogen) atoms. The Kier molecular flexibility index (Phi) is 9.38. The maximum Gasteiger partial charge on any atom is 0.408 e. The zero-order chi connectivity index (χ0) is 22.1. The fourth-order valence-electron chi connectivity index (χ4n) is 3.46. The maximum absolute atomic E-state index is 12.8. The molecule has 1 aliphatic rings. The summed E-state index contributed by atoms with van der Waals surface area (Å²) in [6.07, 6.45) is 1.65. The predicted molar refractivity (Wildman–Crippen MR) is 120 cm³/mol. The van der Waals surface area contributed by atoms with Crippen molar-refractivity contribution in [2.75, 3.05) is 4.43 Å². The second kappa shape index (κ2) is 11.5. The fraction of sp³-hybridized carbons (Fsp3) is 0.591. The average Bonchev–Trinajstić information content (AvgIpc) is 2.76. The largest absolute Gasteiger partial charge is 0.481 e. The Morgan fingerprint density at radius 1 is 1.23 bits per heavy atom. The average molecular weight is 531 g/mol. The molecule has 0 radical (unpaired) electrons. The SMILES string of the molecule is CC[C@H](C)[C@H](NC(=O)OCc1ccccc1)C(=O)OC1CCC(CI)(C(=O)O)CC1. The highest BCUT2D eigenvalue weighted by Gasteiger charge is 2.42. The van der Waals surface area contributed by atoms with Crippen LogP contribution in [-0.4, -0.2) is 39.7 Å². The van der Waals surface area contributed by atoms with Crippen LogP contribution in [0, 0.1) is 11.3 Å². The Balaban J connectivity index is 1.90. The number of benzene rings is 1. The summed E-state index contributed by atoms with van der Waals surface area (Å²) < 4.78 is 11.4. The molecule has 1 aromatic rings. The topological polar surface area (TPSA) is 102 Å². The summed E-state index contributed by atoms with van der Waals surface area (Å²) in [6.45, 7) is 3.92. The van der Waals surface area contributed by atoms with Crippen LogP contribution in [0.15, 0.2) is 30.3 Å². The lowest BCUT2D eigenvalue weighted by Gasteiger charge is -2.36. The summed E-state index contributed by atoms with van der Waals surface area (Å²) in [4.78, 5) is 36.6. The van der Waals surface area contributed by atoms with Gasteiger partial charge in [-0.05, 0) is 37.2 Å². The number of alkyl halides is 1. The van der Waals surface area contributed by atoms with Crippen LogP contribution in [0.2, 0.25) is 0 Å². The van der Waals surface area contributed by atoms with Gasteiger partial charge in [-0.15, -0.1) is 0 Å². The second-order valence-electron chi connectivity index (χ2n) is 7.92. The molecule has 0 saturated heterocycles. The van der Waals surface area contributed by atoms with Gasteiger partial charge in [0.1, 0.15) is 18.8 Å². The highest BCUT2D eigenvalue weighted by molar-refractivity contribution is 14.1. The summed E-state index contributed by atoms with van der Waals surface area (Å²) in [6, 6.07) is 8.49. The van der Waals surface area contributed by atoms with E-state index in [-0.39, 0.29) is 18.6 Å². The van der Waals surface area contributed by atoms with Crippen molar-refractivity contribution in [3.8, 4) is 0 Å². The first-order valence-corrected chi connectivity index (χ1v) is 11.8. The molecule has 0 unspecified atom stereocenters.